The Balaban J connectivity index is 1.70. The Kier molecular flexibility index (Phi) is 3.03. The molecular weight excluding hydrogens is 198 g/mol. The Morgan fingerprint density at radius 1 is 1.40 bits per heavy atom. The van der Waals surface area contributed by atoms with Gasteiger partial charge in [0, 0.05) is 19.5 Å². The summed E-state index contributed by atoms with van der Waals surface area (Å²) in [7, 11) is 0. The Morgan fingerprint density at radius 2 is 2.33 bits per heavy atom. The van der Waals surface area contributed by atoms with Crippen LogP contribution in [0.3, 0.4) is 0 Å². The summed E-state index contributed by atoms with van der Waals surface area (Å²) >= 11 is 0. The quantitative estimate of drug-likeness (QED) is 0.698. The lowest BCUT2D eigenvalue weighted by Gasteiger charge is -1.98. The fraction of sp³-hybridized carbons (Fsp3) is 0.500. The highest BCUT2D eigenvalue weighted by Crippen LogP contribution is 1.99. The van der Waals surface area contributed by atoms with Gasteiger partial charge in [-0.15, -0.1) is 0 Å². The first kappa shape index (κ1) is 9.78. The average Bonchev–Trinajstić information content (AvgIpc) is 2.85. The van der Waals surface area contributed by atoms with Gasteiger partial charge in [-0.25, -0.2) is 4.63 Å². The van der Waals surface area contributed by atoms with Crippen LogP contribution in [0, 0.1) is 6.92 Å². The number of hydrogen-bond donors (Lipinski definition) is 1. The molecule has 0 aliphatic carbocycles. The molecule has 0 saturated heterocycles. The third-order valence-corrected chi connectivity index (χ3v) is 1.96. The average molecular weight is 209 g/mol. The number of aryl methyl sites for hydroxylation is 1. The summed E-state index contributed by atoms with van der Waals surface area (Å²) in [6.07, 6.45) is 2.09. The summed E-state index contributed by atoms with van der Waals surface area (Å²) in [6.45, 7) is 3.23. The van der Waals surface area contributed by atoms with Gasteiger partial charge in [0.05, 0.1) is 0 Å². The second-order valence-corrected chi connectivity index (χ2v) is 3.06. The summed E-state index contributed by atoms with van der Waals surface area (Å²) in [5.74, 6) is 0.623. The molecule has 7 nitrogen and oxygen atoms in total. The molecule has 15 heavy (non-hydrogen) atoms. The molecule has 2 heterocycles. The van der Waals surface area contributed by atoms with Crippen molar-refractivity contribution in [3.63, 3.8) is 0 Å². The van der Waals surface area contributed by atoms with E-state index >= 15 is 0 Å². The van der Waals surface area contributed by atoms with Crippen LogP contribution in [0.2, 0.25) is 0 Å². The maximum absolute atomic E-state index is 4.85. The molecule has 1 N–H and O–H groups in total. The lowest BCUT2D eigenvalue weighted by Crippen LogP contribution is -2.17. The molecule has 0 saturated carbocycles. The van der Waals surface area contributed by atoms with Gasteiger partial charge >= 0.3 is 0 Å². The van der Waals surface area contributed by atoms with Gasteiger partial charge in [-0.3, -0.25) is 0 Å². The van der Waals surface area contributed by atoms with E-state index in [1.807, 2.05) is 6.92 Å². The van der Waals surface area contributed by atoms with Crippen molar-refractivity contribution in [2.45, 2.75) is 19.9 Å². The van der Waals surface area contributed by atoms with E-state index in [0.29, 0.717) is 18.9 Å². The fourth-order valence-electron chi connectivity index (χ4n) is 1.12. The molecule has 0 bridgehead atoms. The molecular formula is C8H11N5O2. The number of nitrogens with one attached hydrogen (secondary N) is 1. The van der Waals surface area contributed by atoms with Gasteiger partial charge in [0.15, 0.2) is 6.33 Å². The molecule has 7 heteroatoms. The Bertz CT molecular complexity index is 397. The molecule has 0 aromatic carbocycles. The molecule has 0 fully saturated rings. The topological polar surface area (TPSA) is 89.9 Å². The number of rotatable bonds is 5. The molecule has 80 valence electrons. The molecule has 0 spiro atoms. The van der Waals surface area contributed by atoms with Crippen molar-refractivity contribution in [2.75, 3.05) is 6.54 Å². The van der Waals surface area contributed by atoms with E-state index in [9.17, 15) is 0 Å². The predicted molar refractivity (Wildman–Crippen MR) is 48.7 cm³/mol. The smallest absolute Gasteiger partial charge is 0.227 e. The van der Waals surface area contributed by atoms with E-state index in [0.717, 1.165) is 17.9 Å². The molecule has 0 aliphatic rings. The van der Waals surface area contributed by atoms with Gasteiger partial charge in [0.25, 0.3) is 0 Å². The van der Waals surface area contributed by atoms with Crippen LogP contribution in [0.4, 0.5) is 0 Å². The third kappa shape index (κ3) is 2.59. The Morgan fingerprint density at radius 3 is 3.00 bits per heavy atom. The SMILES string of the molecule is Cc1nonc1CNCCc1ncno1. The largest absolute Gasteiger partial charge is 0.340 e. The molecule has 2 aromatic heterocycles. The first-order chi connectivity index (χ1) is 7.36. The van der Waals surface area contributed by atoms with E-state index in [1.165, 1.54) is 6.33 Å². The van der Waals surface area contributed by atoms with Crippen molar-refractivity contribution in [3.8, 4) is 0 Å². The van der Waals surface area contributed by atoms with Crippen LogP contribution in [0.25, 0.3) is 0 Å². The molecule has 2 aromatic rings. The maximum atomic E-state index is 4.85. The standard InChI is InChI=1S/C8H11N5O2/c1-6-7(13-15-12-6)4-9-3-2-8-10-5-11-14-8/h5,9H,2-4H2,1H3. The lowest BCUT2D eigenvalue weighted by atomic mass is 10.3. The van der Waals surface area contributed by atoms with Gasteiger partial charge in [0.2, 0.25) is 5.89 Å². The fourth-order valence-corrected chi connectivity index (χ4v) is 1.12. The van der Waals surface area contributed by atoms with Crippen molar-refractivity contribution in [3.05, 3.63) is 23.6 Å². The Labute approximate surface area is 85.8 Å². The van der Waals surface area contributed by atoms with Crippen LogP contribution >= 0.6 is 0 Å². The first-order valence-electron chi connectivity index (χ1n) is 4.60. The van der Waals surface area contributed by atoms with Gasteiger partial charge in [0.1, 0.15) is 11.4 Å². The number of nitrogens with zero attached hydrogens (tertiary/aromatic N) is 4. The zero-order valence-corrected chi connectivity index (χ0v) is 8.30. The highest BCUT2D eigenvalue weighted by molar-refractivity contribution is 5.03. The number of hydrogen-bond acceptors (Lipinski definition) is 7. The van der Waals surface area contributed by atoms with Crippen LogP contribution in [0.1, 0.15) is 17.3 Å². The highest BCUT2D eigenvalue weighted by atomic mass is 16.6. The van der Waals surface area contributed by atoms with Crippen molar-refractivity contribution in [1.82, 2.24) is 25.8 Å². The minimum absolute atomic E-state index is 0.623. The monoisotopic (exact) mass is 209 g/mol. The van der Waals surface area contributed by atoms with Crippen molar-refractivity contribution >= 4 is 0 Å². The van der Waals surface area contributed by atoms with Crippen molar-refractivity contribution in [2.24, 2.45) is 0 Å². The van der Waals surface area contributed by atoms with Crippen LogP contribution in [0.15, 0.2) is 15.5 Å². The van der Waals surface area contributed by atoms with E-state index in [2.05, 4.69) is 30.4 Å². The second-order valence-electron chi connectivity index (χ2n) is 3.06. The molecule has 0 atom stereocenters. The van der Waals surface area contributed by atoms with Crippen molar-refractivity contribution in [1.29, 1.82) is 0 Å². The number of aromatic nitrogens is 4. The predicted octanol–water partition coefficient (Wildman–Crippen LogP) is 0.0933. The maximum Gasteiger partial charge on any atom is 0.227 e. The zero-order valence-electron chi connectivity index (χ0n) is 8.30. The van der Waals surface area contributed by atoms with Crippen LogP contribution < -0.4 is 5.32 Å². The summed E-state index contributed by atoms with van der Waals surface area (Å²) in [5.41, 5.74) is 1.63. The third-order valence-electron chi connectivity index (χ3n) is 1.96. The molecule has 0 amide bonds. The highest BCUT2D eigenvalue weighted by Gasteiger charge is 2.04. The zero-order chi connectivity index (χ0) is 10.5. The van der Waals surface area contributed by atoms with E-state index in [4.69, 9.17) is 4.52 Å². The molecule has 0 unspecified atom stereocenters. The lowest BCUT2D eigenvalue weighted by molar-refractivity contribution is 0.300. The van der Waals surface area contributed by atoms with Crippen molar-refractivity contribution < 1.29 is 9.15 Å². The van der Waals surface area contributed by atoms with E-state index in [-0.39, 0.29) is 0 Å². The first-order valence-corrected chi connectivity index (χ1v) is 4.60. The van der Waals surface area contributed by atoms with E-state index in [1.54, 1.807) is 0 Å². The molecule has 0 aliphatic heterocycles. The molecule has 0 radical (unpaired) electrons. The summed E-state index contributed by atoms with van der Waals surface area (Å²) in [6, 6.07) is 0. The van der Waals surface area contributed by atoms with Gasteiger partial charge in [-0.05, 0) is 6.92 Å². The van der Waals surface area contributed by atoms with Gasteiger partial charge in [-0.2, -0.15) is 4.98 Å². The van der Waals surface area contributed by atoms with E-state index < -0.39 is 0 Å². The van der Waals surface area contributed by atoms with Gasteiger partial charge < -0.3 is 9.84 Å². The summed E-state index contributed by atoms with van der Waals surface area (Å²) in [4.78, 5) is 3.90. The minimum atomic E-state index is 0.623. The van der Waals surface area contributed by atoms with Crippen LogP contribution in [-0.2, 0) is 13.0 Å². The van der Waals surface area contributed by atoms with Crippen LogP contribution in [0.5, 0.6) is 0 Å². The van der Waals surface area contributed by atoms with Gasteiger partial charge in [-0.1, -0.05) is 15.5 Å². The summed E-state index contributed by atoms with van der Waals surface area (Å²) < 4.78 is 9.41. The Hall–Kier alpha value is -1.76. The normalized spacial score (nSPS) is 10.7. The molecule has 2 rings (SSSR count). The summed E-state index contributed by atoms with van der Waals surface area (Å²) in [5, 5.41) is 14.1. The van der Waals surface area contributed by atoms with Crippen LogP contribution in [-0.4, -0.2) is 27.0 Å². The minimum Gasteiger partial charge on any atom is -0.340 e. The second kappa shape index (κ2) is 4.65.